The molecule has 1 aromatic rings. The highest BCUT2D eigenvalue weighted by Crippen LogP contribution is 2.18. The lowest BCUT2D eigenvalue weighted by molar-refractivity contribution is -0.123. The predicted octanol–water partition coefficient (Wildman–Crippen LogP) is 0.651. The number of hydrogen-bond donors (Lipinski definition) is 1. The van der Waals surface area contributed by atoms with Crippen molar-refractivity contribution < 1.29 is 4.79 Å². The fourth-order valence-corrected chi connectivity index (χ4v) is 2.34. The Labute approximate surface area is 106 Å². The van der Waals surface area contributed by atoms with Crippen molar-refractivity contribution in [3.63, 3.8) is 0 Å². The lowest BCUT2D eigenvalue weighted by Crippen LogP contribution is -2.40. The van der Waals surface area contributed by atoms with Gasteiger partial charge in [0.25, 0.3) is 0 Å². The Morgan fingerprint density at radius 3 is 3.22 bits per heavy atom. The number of carbonyl (C=O) groups is 1. The molecule has 18 heavy (non-hydrogen) atoms. The van der Waals surface area contributed by atoms with Crippen LogP contribution in [0.2, 0.25) is 0 Å². The molecule has 1 amide bonds. The Kier molecular flexibility index (Phi) is 3.90. The molecule has 1 fully saturated rings. The molecule has 1 aliphatic heterocycles. The van der Waals surface area contributed by atoms with Crippen LogP contribution < -0.4 is 5.73 Å². The lowest BCUT2D eigenvalue weighted by Gasteiger charge is -2.31. The fourth-order valence-electron chi connectivity index (χ4n) is 2.34. The molecule has 94 valence electrons. The van der Waals surface area contributed by atoms with Crippen LogP contribution in [0.15, 0.2) is 18.3 Å². The number of nitrogens with two attached hydrogens (primary N) is 1. The zero-order valence-corrected chi connectivity index (χ0v) is 10.2. The number of amides is 1. The average Bonchev–Trinajstić information content (AvgIpc) is 2.39. The lowest BCUT2D eigenvalue weighted by atomic mass is 9.97. The van der Waals surface area contributed by atoms with Crippen LogP contribution in [0.5, 0.6) is 0 Å². The summed E-state index contributed by atoms with van der Waals surface area (Å²) >= 11 is 0. The van der Waals surface area contributed by atoms with E-state index >= 15 is 0 Å². The molecule has 0 spiro atoms. The molecule has 5 heteroatoms. The number of piperidine rings is 1. The predicted molar refractivity (Wildman–Crippen MR) is 66.1 cm³/mol. The molecule has 0 saturated carbocycles. The number of likely N-dealkylation sites (tertiary alicyclic amines) is 1. The van der Waals surface area contributed by atoms with Crippen molar-refractivity contribution in [1.29, 1.82) is 5.26 Å². The second kappa shape index (κ2) is 5.61. The number of nitrogens with zero attached hydrogens (tertiary/aromatic N) is 3. The Bertz CT molecular complexity index is 480. The van der Waals surface area contributed by atoms with Gasteiger partial charge in [-0.2, -0.15) is 5.26 Å². The summed E-state index contributed by atoms with van der Waals surface area (Å²) in [5.41, 5.74) is 6.71. The summed E-state index contributed by atoms with van der Waals surface area (Å²) in [5, 5.41) is 8.98. The fraction of sp³-hybridized carbons (Fsp3) is 0.462. The molecular weight excluding hydrogens is 228 g/mol. The van der Waals surface area contributed by atoms with Crippen LogP contribution in [0, 0.1) is 17.2 Å². The smallest absolute Gasteiger partial charge is 0.221 e. The van der Waals surface area contributed by atoms with Crippen LogP contribution in [-0.2, 0) is 11.3 Å². The molecule has 1 atom stereocenters. The van der Waals surface area contributed by atoms with Crippen LogP contribution >= 0.6 is 0 Å². The molecule has 2 rings (SSSR count). The van der Waals surface area contributed by atoms with Crippen LogP contribution in [-0.4, -0.2) is 28.9 Å². The van der Waals surface area contributed by atoms with E-state index in [1.54, 1.807) is 6.20 Å². The number of hydrogen-bond acceptors (Lipinski definition) is 4. The summed E-state index contributed by atoms with van der Waals surface area (Å²) in [6.07, 6.45) is 3.45. The maximum atomic E-state index is 11.2. The molecule has 2 N–H and O–H groups in total. The molecule has 0 aliphatic carbocycles. The van der Waals surface area contributed by atoms with Crippen molar-refractivity contribution in [1.82, 2.24) is 9.88 Å². The first-order valence-corrected chi connectivity index (χ1v) is 6.06. The monoisotopic (exact) mass is 244 g/mol. The van der Waals surface area contributed by atoms with Gasteiger partial charge in [-0.25, -0.2) is 4.98 Å². The summed E-state index contributed by atoms with van der Waals surface area (Å²) < 4.78 is 0. The van der Waals surface area contributed by atoms with E-state index in [-0.39, 0.29) is 11.8 Å². The van der Waals surface area contributed by atoms with E-state index in [1.165, 1.54) is 0 Å². The van der Waals surface area contributed by atoms with Crippen molar-refractivity contribution in [2.24, 2.45) is 11.7 Å². The van der Waals surface area contributed by atoms with Crippen molar-refractivity contribution in [2.75, 3.05) is 13.1 Å². The van der Waals surface area contributed by atoms with Crippen LogP contribution in [0.1, 0.15) is 24.1 Å². The molecular formula is C13H16N4O. The highest BCUT2D eigenvalue weighted by Gasteiger charge is 2.24. The summed E-state index contributed by atoms with van der Waals surface area (Å²) in [5.74, 6) is -0.299. The summed E-state index contributed by atoms with van der Waals surface area (Å²) in [4.78, 5) is 17.4. The zero-order chi connectivity index (χ0) is 13.0. The molecule has 0 aromatic carbocycles. The van der Waals surface area contributed by atoms with Gasteiger partial charge in [0.15, 0.2) is 0 Å². The first-order chi connectivity index (χ1) is 8.70. The van der Waals surface area contributed by atoms with Gasteiger partial charge in [-0.05, 0) is 25.5 Å². The van der Waals surface area contributed by atoms with Gasteiger partial charge < -0.3 is 5.73 Å². The highest BCUT2D eigenvalue weighted by molar-refractivity contribution is 5.76. The molecule has 0 bridgehead atoms. The van der Waals surface area contributed by atoms with Gasteiger partial charge in [-0.3, -0.25) is 9.69 Å². The molecule has 2 heterocycles. The van der Waals surface area contributed by atoms with Crippen LogP contribution in [0.3, 0.4) is 0 Å². The standard InChI is InChI=1S/C13H16N4O/c14-7-12-10(3-1-5-16-12)8-17-6-2-4-11(9-17)13(15)18/h1,3,5,11H,2,4,6,8-9H2,(H2,15,18). The molecule has 5 nitrogen and oxygen atoms in total. The number of rotatable bonds is 3. The molecule has 1 unspecified atom stereocenters. The third-order valence-corrected chi connectivity index (χ3v) is 3.30. The normalized spacial score (nSPS) is 20.3. The number of aromatic nitrogens is 1. The third-order valence-electron chi connectivity index (χ3n) is 3.30. The summed E-state index contributed by atoms with van der Waals surface area (Å²) in [6, 6.07) is 5.82. The van der Waals surface area contributed by atoms with Gasteiger partial charge in [0, 0.05) is 24.8 Å². The third kappa shape index (κ3) is 2.84. The largest absolute Gasteiger partial charge is 0.369 e. The van der Waals surface area contributed by atoms with Crippen molar-refractivity contribution in [3.8, 4) is 6.07 Å². The first kappa shape index (κ1) is 12.5. The number of nitriles is 1. The van der Waals surface area contributed by atoms with E-state index in [1.807, 2.05) is 12.1 Å². The summed E-state index contributed by atoms with van der Waals surface area (Å²) in [6.45, 7) is 2.26. The second-order valence-electron chi connectivity index (χ2n) is 4.60. The van der Waals surface area contributed by atoms with Crippen molar-refractivity contribution >= 4 is 5.91 Å². The minimum atomic E-state index is -0.230. The Morgan fingerprint density at radius 1 is 1.67 bits per heavy atom. The van der Waals surface area contributed by atoms with E-state index in [0.717, 1.165) is 24.9 Å². The van der Waals surface area contributed by atoms with Gasteiger partial charge in [0.2, 0.25) is 5.91 Å². The first-order valence-electron chi connectivity index (χ1n) is 6.06. The van der Waals surface area contributed by atoms with Gasteiger partial charge >= 0.3 is 0 Å². The van der Waals surface area contributed by atoms with Gasteiger partial charge in [0.1, 0.15) is 11.8 Å². The van der Waals surface area contributed by atoms with E-state index < -0.39 is 0 Å². The molecule has 0 radical (unpaired) electrons. The van der Waals surface area contributed by atoms with Crippen molar-refractivity contribution in [2.45, 2.75) is 19.4 Å². The van der Waals surface area contributed by atoms with Gasteiger partial charge in [0.05, 0.1) is 5.92 Å². The minimum absolute atomic E-state index is 0.0686. The average molecular weight is 244 g/mol. The van der Waals surface area contributed by atoms with E-state index in [9.17, 15) is 4.79 Å². The zero-order valence-electron chi connectivity index (χ0n) is 10.2. The Balaban J connectivity index is 2.05. The van der Waals surface area contributed by atoms with Crippen LogP contribution in [0.4, 0.5) is 0 Å². The summed E-state index contributed by atoms with van der Waals surface area (Å²) in [7, 11) is 0. The molecule has 1 aliphatic rings. The second-order valence-corrected chi connectivity index (χ2v) is 4.60. The molecule has 1 saturated heterocycles. The van der Waals surface area contributed by atoms with Crippen LogP contribution in [0.25, 0.3) is 0 Å². The SMILES string of the molecule is N#Cc1ncccc1CN1CCCC(C(N)=O)C1. The number of primary amides is 1. The van der Waals surface area contributed by atoms with Crippen molar-refractivity contribution in [3.05, 3.63) is 29.6 Å². The Hall–Kier alpha value is -1.93. The number of pyridine rings is 1. The maximum absolute atomic E-state index is 11.2. The molecule has 1 aromatic heterocycles. The Morgan fingerprint density at radius 2 is 2.50 bits per heavy atom. The number of carbonyl (C=O) groups excluding carboxylic acids is 1. The van der Waals surface area contributed by atoms with E-state index in [4.69, 9.17) is 11.0 Å². The van der Waals surface area contributed by atoms with Gasteiger partial charge in [-0.15, -0.1) is 0 Å². The maximum Gasteiger partial charge on any atom is 0.221 e. The highest BCUT2D eigenvalue weighted by atomic mass is 16.1. The topological polar surface area (TPSA) is 83.0 Å². The van der Waals surface area contributed by atoms with E-state index in [0.29, 0.717) is 18.8 Å². The van der Waals surface area contributed by atoms with E-state index in [2.05, 4.69) is 16.0 Å². The van der Waals surface area contributed by atoms with Gasteiger partial charge in [-0.1, -0.05) is 6.07 Å². The minimum Gasteiger partial charge on any atom is -0.369 e. The quantitative estimate of drug-likeness (QED) is 0.846.